The highest BCUT2D eigenvalue weighted by atomic mass is 16.5. The van der Waals surface area contributed by atoms with Gasteiger partial charge < -0.3 is 20.9 Å². The zero-order chi connectivity index (χ0) is 15.8. The highest BCUT2D eigenvalue weighted by molar-refractivity contribution is 5.82. The van der Waals surface area contributed by atoms with Gasteiger partial charge in [-0.05, 0) is 30.5 Å². The highest BCUT2D eigenvalue weighted by Crippen LogP contribution is 2.20. The minimum Gasteiger partial charge on any atom is -0.497 e. The maximum Gasteiger partial charge on any atom is 0.303 e. The molecular formula is C15H22N2O4. The minimum absolute atomic E-state index is 0.117. The van der Waals surface area contributed by atoms with E-state index >= 15 is 0 Å². The summed E-state index contributed by atoms with van der Waals surface area (Å²) in [4.78, 5) is 22.5. The van der Waals surface area contributed by atoms with Crippen molar-refractivity contribution in [2.45, 2.75) is 38.3 Å². The molecule has 0 fully saturated rings. The molecule has 0 aliphatic heterocycles. The van der Waals surface area contributed by atoms with Crippen LogP contribution in [0.2, 0.25) is 0 Å². The second-order valence-electron chi connectivity index (χ2n) is 4.78. The second-order valence-corrected chi connectivity index (χ2v) is 4.78. The Bertz CT molecular complexity index is 473. The highest BCUT2D eigenvalue weighted by Gasteiger charge is 2.19. The maximum absolute atomic E-state index is 12.0. The molecule has 1 aromatic carbocycles. The van der Waals surface area contributed by atoms with Crippen LogP contribution in [0.15, 0.2) is 24.3 Å². The van der Waals surface area contributed by atoms with Gasteiger partial charge in [-0.1, -0.05) is 19.1 Å². The van der Waals surface area contributed by atoms with Crippen molar-refractivity contribution in [2.24, 2.45) is 5.73 Å². The van der Waals surface area contributed by atoms with Gasteiger partial charge in [0, 0.05) is 6.42 Å². The van der Waals surface area contributed by atoms with E-state index in [0.717, 1.165) is 11.3 Å². The van der Waals surface area contributed by atoms with Crippen LogP contribution >= 0.6 is 0 Å². The van der Waals surface area contributed by atoms with Gasteiger partial charge in [0.25, 0.3) is 0 Å². The molecule has 0 spiro atoms. The van der Waals surface area contributed by atoms with Gasteiger partial charge in [0.1, 0.15) is 5.75 Å². The van der Waals surface area contributed by atoms with Crippen LogP contribution in [0, 0.1) is 0 Å². The van der Waals surface area contributed by atoms with Crippen molar-refractivity contribution in [1.29, 1.82) is 0 Å². The van der Waals surface area contributed by atoms with Gasteiger partial charge in [-0.15, -0.1) is 0 Å². The number of nitrogens with one attached hydrogen (secondary N) is 1. The fraction of sp³-hybridized carbons (Fsp3) is 0.467. The van der Waals surface area contributed by atoms with Crippen molar-refractivity contribution in [3.63, 3.8) is 0 Å². The number of rotatable bonds is 8. The summed E-state index contributed by atoms with van der Waals surface area (Å²) in [7, 11) is 1.59. The van der Waals surface area contributed by atoms with E-state index in [4.69, 9.17) is 15.6 Å². The van der Waals surface area contributed by atoms with Crippen LogP contribution in [0.1, 0.15) is 37.8 Å². The normalized spacial score (nSPS) is 13.3. The molecule has 1 aromatic rings. The first-order chi connectivity index (χ1) is 9.97. The van der Waals surface area contributed by atoms with Gasteiger partial charge in [0.2, 0.25) is 5.91 Å². The molecule has 2 atom stereocenters. The number of carboxylic acid groups (broad SMARTS) is 1. The van der Waals surface area contributed by atoms with E-state index in [-0.39, 0.29) is 24.8 Å². The van der Waals surface area contributed by atoms with Gasteiger partial charge in [-0.3, -0.25) is 9.59 Å². The summed E-state index contributed by atoms with van der Waals surface area (Å²) < 4.78 is 5.09. The van der Waals surface area contributed by atoms with Crippen LogP contribution in [-0.4, -0.2) is 30.1 Å². The van der Waals surface area contributed by atoms with Gasteiger partial charge in [-0.2, -0.15) is 0 Å². The van der Waals surface area contributed by atoms with Crippen molar-refractivity contribution in [3.8, 4) is 5.75 Å². The largest absolute Gasteiger partial charge is 0.497 e. The van der Waals surface area contributed by atoms with E-state index in [1.165, 1.54) is 0 Å². The number of benzene rings is 1. The number of nitrogens with two attached hydrogens (primary N) is 1. The molecule has 0 heterocycles. The molecule has 6 heteroatoms. The fourth-order valence-electron chi connectivity index (χ4n) is 1.95. The lowest BCUT2D eigenvalue weighted by Gasteiger charge is -2.20. The topological polar surface area (TPSA) is 102 Å². The van der Waals surface area contributed by atoms with E-state index in [9.17, 15) is 9.59 Å². The first-order valence-corrected chi connectivity index (χ1v) is 6.89. The van der Waals surface area contributed by atoms with Crippen LogP contribution in [0.25, 0.3) is 0 Å². The van der Waals surface area contributed by atoms with Crippen LogP contribution in [0.5, 0.6) is 5.75 Å². The summed E-state index contributed by atoms with van der Waals surface area (Å²) in [5, 5.41) is 11.4. The van der Waals surface area contributed by atoms with Crippen molar-refractivity contribution >= 4 is 11.9 Å². The Morgan fingerprint density at radius 2 is 1.95 bits per heavy atom. The molecule has 2 unspecified atom stereocenters. The quantitative estimate of drug-likeness (QED) is 0.673. The monoisotopic (exact) mass is 294 g/mol. The first-order valence-electron chi connectivity index (χ1n) is 6.89. The summed E-state index contributed by atoms with van der Waals surface area (Å²) in [5.41, 5.74) is 6.65. The lowest BCUT2D eigenvalue weighted by molar-refractivity contribution is -0.137. The molecule has 0 saturated carbocycles. The first kappa shape index (κ1) is 17.0. The molecule has 0 aliphatic carbocycles. The van der Waals surface area contributed by atoms with E-state index in [1.807, 2.05) is 31.2 Å². The van der Waals surface area contributed by atoms with Crippen molar-refractivity contribution in [2.75, 3.05) is 7.11 Å². The number of hydrogen-bond donors (Lipinski definition) is 3. The summed E-state index contributed by atoms with van der Waals surface area (Å²) in [6.45, 7) is 1.96. The van der Waals surface area contributed by atoms with E-state index in [1.54, 1.807) is 7.11 Å². The molecule has 1 rings (SSSR count). The standard InChI is InChI=1S/C15H22N2O4/c1-3-13(10-4-6-11(21-2)7-5-10)17-15(20)12(16)8-9-14(18)19/h4-7,12-13H,3,8-9,16H2,1-2H3,(H,17,20)(H,18,19). The molecule has 116 valence electrons. The second kappa shape index (κ2) is 8.26. The fourth-order valence-corrected chi connectivity index (χ4v) is 1.95. The molecular weight excluding hydrogens is 272 g/mol. The molecule has 0 radical (unpaired) electrons. The Hall–Kier alpha value is -2.08. The number of carbonyl (C=O) groups excluding carboxylic acids is 1. The zero-order valence-electron chi connectivity index (χ0n) is 12.3. The minimum atomic E-state index is -0.958. The summed E-state index contributed by atoms with van der Waals surface area (Å²) in [6.07, 6.45) is 0.720. The number of carboxylic acids is 1. The summed E-state index contributed by atoms with van der Waals surface area (Å²) in [5.74, 6) is -0.544. The van der Waals surface area contributed by atoms with Crippen LogP contribution in [0.3, 0.4) is 0 Å². The lowest BCUT2D eigenvalue weighted by atomic mass is 10.0. The molecule has 0 saturated heterocycles. The molecule has 1 amide bonds. The summed E-state index contributed by atoms with van der Waals surface area (Å²) >= 11 is 0. The van der Waals surface area contributed by atoms with Gasteiger partial charge in [-0.25, -0.2) is 0 Å². The maximum atomic E-state index is 12.0. The average molecular weight is 294 g/mol. The number of hydrogen-bond acceptors (Lipinski definition) is 4. The Kier molecular flexibility index (Phi) is 6.68. The number of ether oxygens (including phenoxy) is 1. The Labute approximate surface area is 124 Å². The average Bonchev–Trinajstić information content (AvgIpc) is 2.50. The van der Waals surface area contributed by atoms with E-state index in [2.05, 4.69) is 5.32 Å². The number of aliphatic carboxylic acids is 1. The molecule has 6 nitrogen and oxygen atoms in total. The third-order valence-electron chi connectivity index (χ3n) is 3.25. The van der Waals surface area contributed by atoms with Gasteiger partial charge in [0.15, 0.2) is 0 Å². The smallest absolute Gasteiger partial charge is 0.303 e. The van der Waals surface area contributed by atoms with E-state index < -0.39 is 12.0 Å². The molecule has 0 aromatic heterocycles. The van der Waals surface area contributed by atoms with Crippen molar-refractivity contribution in [3.05, 3.63) is 29.8 Å². The zero-order valence-corrected chi connectivity index (χ0v) is 12.3. The Morgan fingerprint density at radius 1 is 1.33 bits per heavy atom. The van der Waals surface area contributed by atoms with Crippen LogP contribution < -0.4 is 15.8 Å². The summed E-state index contributed by atoms with van der Waals surface area (Å²) in [6, 6.07) is 6.46. The van der Waals surface area contributed by atoms with E-state index in [0.29, 0.717) is 6.42 Å². The van der Waals surface area contributed by atoms with Crippen LogP contribution in [0.4, 0.5) is 0 Å². The molecule has 4 N–H and O–H groups in total. The van der Waals surface area contributed by atoms with Crippen LogP contribution in [-0.2, 0) is 9.59 Å². The van der Waals surface area contributed by atoms with Gasteiger partial charge >= 0.3 is 5.97 Å². The Balaban J connectivity index is 2.63. The third-order valence-corrected chi connectivity index (χ3v) is 3.25. The van der Waals surface area contributed by atoms with Crippen molar-refractivity contribution in [1.82, 2.24) is 5.32 Å². The lowest BCUT2D eigenvalue weighted by Crippen LogP contribution is -2.42. The molecule has 21 heavy (non-hydrogen) atoms. The number of methoxy groups -OCH3 is 1. The van der Waals surface area contributed by atoms with Gasteiger partial charge in [0.05, 0.1) is 19.2 Å². The Morgan fingerprint density at radius 3 is 2.43 bits per heavy atom. The number of carbonyl (C=O) groups is 2. The molecule has 0 aliphatic rings. The number of amides is 1. The third kappa shape index (κ3) is 5.43. The molecule has 0 bridgehead atoms. The SMILES string of the molecule is CCC(NC(=O)C(N)CCC(=O)O)c1ccc(OC)cc1. The predicted molar refractivity (Wildman–Crippen MR) is 79.0 cm³/mol. The predicted octanol–water partition coefficient (Wildman–Crippen LogP) is 1.45. The van der Waals surface area contributed by atoms with Crippen molar-refractivity contribution < 1.29 is 19.4 Å².